The monoisotopic (exact) mass is 560 g/mol. The number of piperazine rings is 1. The van der Waals surface area contributed by atoms with Crippen LogP contribution in [0.1, 0.15) is 35.5 Å². The fourth-order valence-corrected chi connectivity index (χ4v) is 5.45. The molecule has 216 valence electrons. The van der Waals surface area contributed by atoms with Crippen LogP contribution in [0.4, 0.5) is 23.0 Å². The van der Waals surface area contributed by atoms with Gasteiger partial charge >= 0.3 is 0 Å². The highest BCUT2D eigenvalue weighted by atomic mass is 16.3. The first-order valence-corrected chi connectivity index (χ1v) is 13.2. The third kappa shape index (κ3) is 6.04. The number of anilines is 4. The van der Waals surface area contributed by atoms with E-state index >= 15 is 0 Å². The number of hydrogen-bond donors (Lipinski definition) is 5. The average Bonchev–Trinajstić information content (AvgIpc) is 3.28. The highest BCUT2D eigenvalue weighted by Gasteiger charge is 2.25. The Balaban J connectivity index is 0.00000124. The Bertz CT molecular complexity index is 1550. The molecule has 0 bridgehead atoms. The summed E-state index contributed by atoms with van der Waals surface area (Å²) in [6.07, 6.45) is 5.11. The molecule has 1 saturated heterocycles. The van der Waals surface area contributed by atoms with Gasteiger partial charge in [0.2, 0.25) is 0 Å². The number of amides is 1. The van der Waals surface area contributed by atoms with Gasteiger partial charge < -0.3 is 36.3 Å². The summed E-state index contributed by atoms with van der Waals surface area (Å²) in [4.78, 5) is 41.5. The van der Waals surface area contributed by atoms with E-state index in [0.29, 0.717) is 34.7 Å². The van der Waals surface area contributed by atoms with Crippen molar-refractivity contribution in [2.24, 2.45) is 12.8 Å². The largest absolute Gasteiger partial charge is 0.483 e. The number of aryl methyl sites for hydroxylation is 3. The summed E-state index contributed by atoms with van der Waals surface area (Å²) in [5.74, 6) is 0.0768. The molecule has 41 heavy (non-hydrogen) atoms. The number of pyridine rings is 1. The van der Waals surface area contributed by atoms with E-state index < -0.39 is 5.91 Å². The molecule has 2 atom stereocenters. The first-order chi connectivity index (χ1) is 19.6. The summed E-state index contributed by atoms with van der Waals surface area (Å²) in [7, 11) is 3.65. The van der Waals surface area contributed by atoms with Crippen LogP contribution in [0.15, 0.2) is 30.9 Å². The number of aromatic nitrogens is 5. The third-order valence-corrected chi connectivity index (χ3v) is 6.89. The second-order valence-corrected chi connectivity index (χ2v) is 10.2. The summed E-state index contributed by atoms with van der Waals surface area (Å²) in [6, 6.07) is 4.96. The number of hydrogen-bond acceptors (Lipinski definition) is 10. The van der Waals surface area contributed by atoms with E-state index in [4.69, 9.17) is 20.6 Å². The summed E-state index contributed by atoms with van der Waals surface area (Å²) in [6.45, 7) is 10.3. The number of rotatable bonds is 6. The molecule has 4 aromatic rings. The van der Waals surface area contributed by atoms with Crippen LogP contribution < -0.4 is 26.6 Å². The maximum absolute atomic E-state index is 12.5. The van der Waals surface area contributed by atoms with Crippen molar-refractivity contribution in [1.29, 1.82) is 0 Å². The summed E-state index contributed by atoms with van der Waals surface area (Å²) in [5, 5.41) is 16.9. The first kappa shape index (κ1) is 29.2. The van der Waals surface area contributed by atoms with Gasteiger partial charge in [-0.2, -0.15) is 0 Å². The van der Waals surface area contributed by atoms with Crippen LogP contribution in [0.2, 0.25) is 0 Å². The van der Waals surface area contributed by atoms with Gasteiger partial charge in [-0.05, 0) is 51.0 Å². The SMILES string of the molecule is CNc1nc(Nc2cc(C)c(N3C[C@@H](C)N[C@@H](C)C3)c(C)c2)c(C(N)=O)nc1-c1cncc2c1ncn2C.O=CO. The van der Waals surface area contributed by atoms with Crippen LogP contribution in [-0.4, -0.2) is 74.2 Å². The predicted octanol–water partition coefficient (Wildman–Crippen LogP) is 2.81. The number of nitrogens with one attached hydrogen (secondary N) is 3. The molecule has 0 aliphatic carbocycles. The second kappa shape index (κ2) is 12.2. The second-order valence-electron chi connectivity index (χ2n) is 10.2. The number of imidazole rings is 1. The number of nitrogens with zero attached hydrogens (tertiary/aromatic N) is 6. The van der Waals surface area contributed by atoms with Gasteiger partial charge in [-0.1, -0.05) is 0 Å². The summed E-state index contributed by atoms with van der Waals surface area (Å²) < 4.78 is 1.87. The quantitative estimate of drug-likeness (QED) is 0.219. The van der Waals surface area contributed by atoms with Crippen molar-refractivity contribution in [3.63, 3.8) is 0 Å². The van der Waals surface area contributed by atoms with E-state index in [1.54, 1.807) is 25.8 Å². The van der Waals surface area contributed by atoms with Crippen LogP contribution in [-0.2, 0) is 11.8 Å². The molecule has 1 aliphatic rings. The number of carboxylic acid groups (broad SMARTS) is 1. The fourth-order valence-electron chi connectivity index (χ4n) is 5.45. The van der Waals surface area contributed by atoms with E-state index in [1.165, 1.54) is 5.69 Å². The van der Waals surface area contributed by atoms with Crippen molar-refractivity contribution in [2.75, 3.05) is 35.7 Å². The number of fused-ring (bicyclic) bond motifs is 1. The van der Waals surface area contributed by atoms with E-state index in [2.05, 4.69) is 75.6 Å². The minimum Gasteiger partial charge on any atom is -0.483 e. The normalized spacial score (nSPS) is 16.6. The van der Waals surface area contributed by atoms with Gasteiger partial charge in [0.1, 0.15) is 11.2 Å². The van der Waals surface area contributed by atoms with E-state index in [9.17, 15) is 4.79 Å². The Morgan fingerprint density at radius 1 is 1.12 bits per heavy atom. The molecule has 1 fully saturated rings. The zero-order valence-electron chi connectivity index (χ0n) is 24.1. The van der Waals surface area contributed by atoms with Gasteiger partial charge in [-0.3, -0.25) is 14.6 Å². The van der Waals surface area contributed by atoms with E-state index in [-0.39, 0.29) is 18.0 Å². The van der Waals surface area contributed by atoms with Crippen molar-refractivity contribution in [2.45, 2.75) is 39.8 Å². The maximum Gasteiger partial charge on any atom is 0.290 e. The zero-order chi connectivity index (χ0) is 29.8. The van der Waals surface area contributed by atoms with Crippen LogP contribution in [0.3, 0.4) is 0 Å². The van der Waals surface area contributed by atoms with Gasteiger partial charge in [0.15, 0.2) is 17.3 Å². The van der Waals surface area contributed by atoms with Crippen LogP contribution >= 0.6 is 0 Å². The van der Waals surface area contributed by atoms with Gasteiger partial charge in [-0.25, -0.2) is 15.0 Å². The lowest BCUT2D eigenvalue weighted by Gasteiger charge is -2.39. The minimum atomic E-state index is -0.682. The van der Waals surface area contributed by atoms with E-state index in [0.717, 1.165) is 35.4 Å². The van der Waals surface area contributed by atoms with Gasteiger partial charge in [0.05, 0.1) is 23.6 Å². The molecule has 5 rings (SSSR count). The fraction of sp³-hybridized carbons (Fsp3) is 0.357. The highest BCUT2D eigenvalue weighted by molar-refractivity contribution is 5.99. The lowest BCUT2D eigenvalue weighted by molar-refractivity contribution is -0.122. The zero-order valence-corrected chi connectivity index (χ0v) is 24.1. The van der Waals surface area contributed by atoms with Gasteiger partial charge in [0.25, 0.3) is 12.4 Å². The molecule has 0 saturated carbocycles. The number of primary amides is 1. The van der Waals surface area contributed by atoms with Gasteiger partial charge in [-0.15, -0.1) is 0 Å². The molecular formula is C28H36N10O3. The lowest BCUT2D eigenvalue weighted by atomic mass is 10.0. The molecule has 3 aromatic heterocycles. The van der Waals surface area contributed by atoms with Crippen molar-refractivity contribution < 1.29 is 14.7 Å². The number of carbonyl (C=O) groups is 2. The summed E-state index contributed by atoms with van der Waals surface area (Å²) >= 11 is 0. The van der Waals surface area contributed by atoms with Crippen LogP contribution in [0.25, 0.3) is 22.3 Å². The number of benzene rings is 1. The number of carbonyl (C=O) groups excluding carboxylic acids is 1. The number of nitrogens with two attached hydrogens (primary N) is 1. The van der Waals surface area contributed by atoms with Crippen molar-refractivity contribution >= 4 is 46.4 Å². The lowest BCUT2D eigenvalue weighted by Crippen LogP contribution is -2.54. The minimum absolute atomic E-state index is 0.0380. The third-order valence-electron chi connectivity index (χ3n) is 6.89. The van der Waals surface area contributed by atoms with Gasteiger partial charge in [0, 0.05) is 56.8 Å². The molecule has 1 aliphatic heterocycles. The Hall–Kier alpha value is -4.78. The molecule has 4 heterocycles. The van der Waals surface area contributed by atoms with Crippen LogP contribution in [0, 0.1) is 13.8 Å². The molecule has 6 N–H and O–H groups in total. The van der Waals surface area contributed by atoms with Crippen LogP contribution in [0.5, 0.6) is 0 Å². The molecule has 1 amide bonds. The highest BCUT2D eigenvalue weighted by Crippen LogP contribution is 2.34. The smallest absolute Gasteiger partial charge is 0.290 e. The summed E-state index contributed by atoms with van der Waals surface area (Å²) in [5.41, 5.74) is 12.8. The Labute approximate surface area is 238 Å². The topological polar surface area (TPSA) is 176 Å². The molecular weight excluding hydrogens is 524 g/mol. The molecule has 13 heteroatoms. The Morgan fingerprint density at radius 3 is 2.34 bits per heavy atom. The standard InChI is InChI=1S/C27H34N10O.CH2O2/c1-14-7-18(8-15(2)24(14)37-11-16(3)32-17(4)12-37)33-27-23(25(28)38)34-22(26(29-5)35-27)19-9-30-10-20-21(19)31-13-36(20)6;2-1-3/h7-10,13,16-17,32H,11-12H2,1-6H3,(H2,28,38)(H2,29,33,35);1H,(H,2,3)/t16-,17+;. The van der Waals surface area contributed by atoms with Crippen molar-refractivity contribution in [3.05, 3.63) is 47.7 Å². The maximum atomic E-state index is 12.5. The Kier molecular flexibility index (Phi) is 8.67. The molecule has 0 radical (unpaired) electrons. The molecule has 13 nitrogen and oxygen atoms in total. The van der Waals surface area contributed by atoms with Crippen molar-refractivity contribution in [3.8, 4) is 11.3 Å². The average molecular weight is 561 g/mol. The van der Waals surface area contributed by atoms with Crippen molar-refractivity contribution in [1.82, 2.24) is 29.8 Å². The molecule has 0 unspecified atom stereocenters. The van der Waals surface area contributed by atoms with E-state index in [1.807, 2.05) is 11.6 Å². The Morgan fingerprint density at radius 2 is 1.76 bits per heavy atom. The molecule has 0 spiro atoms. The first-order valence-electron chi connectivity index (χ1n) is 13.2. The molecule has 1 aromatic carbocycles. The predicted molar refractivity (Wildman–Crippen MR) is 160 cm³/mol.